The van der Waals surface area contributed by atoms with Gasteiger partial charge in [-0.3, -0.25) is 0 Å². The van der Waals surface area contributed by atoms with Gasteiger partial charge in [-0.05, 0) is 72.8 Å². The molecule has 0 amide bonds. The third kappa shape index (κ3) is 8.98. The Morgan fingerprint density at radius 1 is 0.259 bits per heavy atom. The van der Waals surface area contributed by atoms with E-state index in [4.69, 9.17) is 110 Å². The summed E-state index contributed by atoms with van der Waals surface area (Å²) in [5.74, 6) is 0.812. The van der Waals surface area contributed by atoms with Gasteiger partial charge in [0.1, 0.15) is 34.5 Å². The quantitative estimate of drug-likeness (QED) is 0.114. The molecule has 0 radical (unpaired) electrons. The molecule has 0 unspecified atom stereocenters. The highest BCUT2D eigenvalue weighted by molar-refractivity contribution is 7.79. The van der Waals surface area contributed by atoms with Gasteiger partial charge in [-0.2, -0.15) is 0 Å². The Labute approximate surface area is 341 Å². The molecule has 0 N–H and O–H groups in total. The topological polar surface area (TPSA) is 92.5 Å². The zero-order chi connectivity index (χ0) is 37.8. The van der Waals surface area contributed by atoms with Crippen LogP contribution in [0.4, 0.5) is 0 Å². The number of nitrogens with zero attached hydrogens (tertiary/aromatic N) is 3. The van der Waals surface area contributed by atoms with Crippen molar-refractivity contribution in [2.24, 2.45) is 13.5 Å². The van der Waals surface area contributed by atoms with Gasteiger partial charge in [0.05, 0.1) is 30.1 Å². The maximum atomic E-state index is 6.72. The zero-order valence-electron chi connectivity index (χ0n) is 27.3. The van der Waals surface area contributed by atoms with Crippen molar-refractivity contribution >= 4 is 92.6 Å². The number of para-hydroxylation sites is 6. The molecule has 1 aliphatic rings. The molecule has 1 aliphatic heterocycles. The van der Waals surface area contributed by atoms with Crippen LogP contribution in [0, 0.1) is 0 Å². The van der Waals surface area contributed by atoms with Crippen LogP contribution in [0.15, 0.2) is 159 Å². The van der Waals surface area contributed by atoms with E-state index in [2.05, 4.69) is 0 Å². The van der Waals surface area contributed by atoms with Crippen molar-refractivity contribution in [1.29, 1.82) is 0 Å². The smallest absolute Gasteiger partial charge is 0.412 e. The summed E-state index contributed by atoms with van der Waals surface area (Å²) in [7, 11) is -13.0. The molecule has 9 nitrogen and oxygen atoms in total. The molecule has 7 rings (SSSR count). The lowest BCUT2D eigenvalue weighted by Gasteiger charge is -2.33. The average molecular weight is 900 g/mol. The zero-order valence-corrected chi connectivity index (χ0v) is 34.5. The first kappa shape index (κ1) is 38.8. The van der Waals surface area contributed by atoms with Crippen molar-refractivity contribution in [3.05, 3.63) is 176 Å². The van der Waals surface area contributed by atoms with Crippen molar-refractivity contribution in [3.63, 3.8) is 0 Å². The number of rotatable bonds is 12. The summed E-state index contributed by atoms with van der Waals surface area (Å²) >= 11 is 40.3. The minimum absolute atomic E-state index is 0.135. The van der Waals surface area contributed by atoms with Crippen LogP contribution < -0.4 is 27.1 Å². The number of halogens is 6. The summed E-state index contributed by atoms with van der Waals surface area (Å²) in [5.41, 5.74) is 0. The summed E-state index contributed by atoms with van der Waals surface area (Å²) < 4.78 is 55.6. The Bertz CT molecular complexity index is 2080. The fraction of sp³-hybridized carbons (Fsp3) is 0. The van der Waals surface area contributed by atoms with Gasteiger partial charge in [0.15, 0.2) is 0 Å². The van der Waals surface area contributed by atoms with Gasteiger partial charge in [-0.25, -0.2) is 0 Å². The van der Waals surface area contributed by atoms with Crippen molar-refractivity contribution < 1.29 is 27.1 Å². The summed E-state index contributed by atoms with van der Waals surface area (Å²) in [6.45, 7) is 0. The van der Waals surface area contributed by atoms with Crippen LogP contribution in [-0.4, -0.2) is 0 Å². The van der Waals surface area contributed by atoms with Crippen LogP contribution in [0.5, 0.6) is 34.5 Å². The molecule has 6 aromatic rings. The molecule has 0 saturated carbocycles. The molecular formula is C36H24Cl6N3O6P3. The van der Waals surface area contributed by atoms with E-state index in [1.54, 1.807) is 146 Å². The van der Waals surface area contributed by atoms with Gasteiger partial charge in [-0.15, -0.1) is 0 Å². The van der Waals surface area contributed by atoms with Crippen LogP contribution in [0.25, 0.3) is 0 Å². The minimum Gasteiger partial charge on any atom is -0.412 e. The molecule has 0 fully saturated rings. The second-order valence-electron chi connectivity index (χ2n) is 10.9. The van der Waals surface area contributed by atoms with Crippen LogP contribution >= 0.6 is 92.6 Å². The number of hydrogen-bond donors (Lipinski definition) is 0. The highest BCUT2D eigenvalue weighted by Gasteiger charge is 2.49. The fourth-order valence-corrected chi connectivity index (χ4v) is 15.2. The van der Waals surface area contributed by atoms with E-state index < -0.39 is 23.0 Å². The molecule has 18 heteroatoms. The fourth-order valence-electron chi connectivity index (χ4n) is 4.64. The molecular weight excluding hydrogens is 876 g/mol. The van der Waals surface area contributed by atoms with Gasteiger partial charge in [-0.1, -0.05) is 156 Å². The average Bonchev–Trinajstić information content (AvgIpc) is 3.14. The number of benzene rings is 6. The Kier molecular flexibility index (Phi) is 12.0. The molecule has 0 atom stereocenters. The molecule has 0 saturated heterocycles. The van der Waals surface area contributed by atoms with Crippen molar-refractivity contribution in [1.82, 2.24) is 0 Å². The maximum Gasteiger partial charge on any atom is 0.460 e. The first-order chi connectivity index (χ1) is 26.1. The predicted molar refractivity (Wildman–Crippen MR) is 221 cm³/mol. The lowest BCUT2D eigenvalue weighted by molar-refractivity contribution is 0.443. The van der Waals surface area contributed by atoms with Crippen LogP contribution in [0.2, 0.25) is 30.1 Å². The van der Waals surface area contributed by atoms with Gasteiger partial charge >= 0.3 is 23.0 Å². The van der Waals surface area contributed by atoms with E-state index in [1.165, 1.54) is 0 Å². The Balaban J connectivity index is 1.63. The van der Waals surface area contributed by atoms with E-state index in [0.717, 1.165) is 0 Å². The lowest BCUT2D eigenvalue weighted by Crippen LogP contribution is -2.11. The standard InChI is InChI=1S/C36H24Cl6N3O6P3/c37-25-13-1-7-19-31(25)46-52(47-32-20-8-2-14-26(32)38)43-53(48-33-21-9-3-15-27(33)39,49-34-22-10-4-16-28(34)40)45-54(44-52,50-35-23-11-5-17-29(35)41)51-36-24-12-6-18-30(36)42/h1-24H. The normalized spacial score (nSPS) is 15.0. The molecule has 0 spiro atoms. The highest BCUT2D eigenvalue weighted by atomic mass is 35.5. The predicted octanol–water partition coefficient (Wildman–Crippen LogP) is 16.2. The van der Waals surface area contributed by atoms with Crippen LogP contribution in [0.1, 0.15) is 0 Å². The monoisotopic (exact) mass is 897 g/mol. The Hall–Kier alpha value is -3.45. The molecule has 0 bridgehead atoms. The lowest BCUT2D eigenvalue weighted by atomic mass is 10.3. The minimum atomic E-state index is -4.33. The Morgan fingerprint density at radius 2 is 0.407 bits per heavy atom. The molecule has 276 valence electrons. The second kappa shape index (κ2) is 16.7. The third-order valence-electron chi connectivity index (χ3n) is 7.00. The van der Waals surface area contributed by atoms with Gasteiger partial charge in [0.25, 0.3) is 0 Å². The van der Waals surface area contributed by atoms with E-state index in [-0.39, 0.29) is 64.6 Å². The molecule has 0 aliphatic carbocycles. The summed E-state index contributed by atoms with van der Waals surface area (Å²) in [6.07, 6.45) is 0. The van der Waals surface area contributed by atoms with Crippen molar-refractivity contribution in [3.8, 4) is 34.5 Å². The largest absolute Gasteiger partial charge is 0.460 e. The van der Waals surface area contributed by atoms with E-state index in [1.807, 2.05) is 0 Å². The second-order valence-corrected chi connectivity index (χ2v) is 19.5. The number of hydrogen-bond acceptors (Lipinski definition) is 9. The molecule has 1 heterocycles. The van der Waals surface area contributed by atoms with Gasteiger partial charge in [0, 0.05) is 0 Å². The first-order valence-corrected chi connectivity index (χ1v) is 22.5. The SMILES string of the molecule is Clc1ccccc1OP1(Oc2ccccc2Cl)=NP(Oc2ccccc2Cl)(Oc2ccccc2Cl)=NP(Oc2ccccc2Cl)(Oc2ccccc2Cl)=N1. The maximum absolute atomic E-state index is 6.72. The van der Waals surface area contributed by atoms with Gasteiger partial charge < -0.3 is 27.1 Å². The first-order valence-electron chi connectivity index (χ1n) is 15.6. The van der Waals surface area contributed by atoms with Crippen LogP contribution in [0.3, 0.4) is 0 Å². The van der Waals surface area contributed by atoms with E-state index in [0.29, 0.717) is 0 Å². The summed E-state index contributed by atoms with van der Waals surface area (Å²) in [5, 5.41) is 1.24. The summed E-state index contributed by atoms with van der Waals surface area (Å²) in [6, 6.07) is 40.2. The van der Waals surface area contributed by atoms with Crippen LogP contribution in [-0.2, 0) is 0 Å². The highest BCUT2D eigenvalue weighted by Crippen LogP contribution is 2.79. The Morgan fingerprint density at radius 3 is 0.556 bits per heavy atom. The van der Waals surface area contributed by atoms with Crippen molar-refractivity contribution in [2.45, 2.75) is 0 Å². The van der Waals surface area contributed by atoms with E-state index >= 15 is 0 Å². The van der Waals surface area contributed by atoms with Gasteiger partial charge in [0.2, 0.25) is 0 Å². The summed E-state index contributed by atoms with van der Waals surface area (Å²) in [4.78, 5) is 0. The van der Waals surface area contributed by atoms with E-state index in [9.17, 15) is 0 Å². The molecule has 0 aromatic heterocycles. The van der Waals surface area contributed by atoms with Crippen molar-refractivity contribution in [2.75, 3.05) is 0 Å². The molecule has 54 heavy (non-hydrogen) atoms. The molecule has 6 aromatic carbocycles. The third-order valence-corrected chi connectivity index (χ3v) is 16.9.